The number of rotatable bonds is 6. The number of carbonyl (C=O) groups is 1. The van der Waals surface area contributed by atoms with Gasteiger partial charge in [0, 0.05) is 13.0 Å². The van der Waals surface area contributed by atoms with Crippen LogP contribution in [-0.2, 0) is 30.7 Å². The van der Waals surface area contributed by atoms with Crippen LogP contribution in [0.2, 0.25) is 0 Å². The van der Waals surface area contributed by atoms with Gasteiger partial charge in [-0.2, -0.15) is 5.10 Å². The van der Waals surface area contributed by atoms with Gasteiger partial charge in [0.1, 0.15) is 17.7 Å². The van der Waals surface area contributed by atoms with Gasteiger partial charge in [0.05, 0.1) is 6.54 Å². The fraction of sp³-hybridized carbons (Fsp3) is 0.375. The molecule has 2 aromatic carbocycles. The second-order valence-corrected chi connectivity index (χ2v) is 8.01. The Hall–Kier alpha value is -3.22. The molecule has 0 aliphatic carbocycles. The Morgan fingerprint density at radius 2 is 1.90 bits per heavy atom. The summed E-state index contributed by atoms with van der Waals surface area (Å²) in [5.41, 5.74) is 2.61. The van der Waals surface area contributed by atoms with Crippen LogP contribution in [0.25, 0.3) is 0 Å². The van der Waals surface area contributed by atoms with E-state index in [0.29, 0.717) is 30.8 Å². The zero-order valence-electron chi connectivity index (χ0n) is 17.7. The highest BCUT2D eigenvalue weighted by Gasteiger charge is 2.29. The van der Waals surface area contributed by atoms with Gasteiger partial charge in [-0.05, 0) is 48.1 Å². The van der Waals surface area contributed by atoms with Gasteiger partial charge in [-0.25, -0.2) is 13.9 Å². The molecule has 1 atom stereocenters. The number of nitrogens with zero attached hydrogens (tertiary/aromatic N) is 3. The van der Waals surface area contributed by atoms with E-state index in [9.17, 15) is 14.0 Å². The Labute approximate surface area is 180 Å². The fourth-order valence-corrected chi connectivity index (χ4v) is 4.06. The summed E-state index contributed by atoms with van der Waals surface area (Å²) in [6, 6.07) is 13.7. The summed E-state index contributed by atoms with van der Waals surface area (Å²) in [4.78, 5) is 26.1. The molecule has 4 rings (SSSR count). The number of nitrogens with one attached hydrogen (secondary N) is 1. The fourth-order valence-electron chi connectivity index (χ4n) is 4.06. The molecule has 0 radical (unpaired) electrons. The highest BCUT2D eigenvalue weighted by Crippen LogP contribution is 2.22. The van der Waals surface area contributed by atoms with Crippen molar-refractivity contribution in [3.63, 3.8) is 0 Å². The summed E-state index contributed by atoms with van der Waals surface area (Å²) < 4.78 is 16.4. The molecule has 0 spiro atoms. The molecule has 6 nitrogen and oxygen atoms in total. The predicted molar refractivity (Wildman–Crippen MR) is 116 cm³/mol. The molecule has 0 unspecified atom stereocenters. The molecule has 1 N–H and O–H groups in total. The van der Waals surface area contributed by atoms with Gasteiger partial charge < -0.3 is 5.32 Å². The van der Waals surface area contributed by atoms with Gasteiger partial charge in [0.2, 0.25) is 5.91 Å². The number of hydrogen-bond acceptors (Lipinski definition) is 3. The lowest BCUT2D eigenvalue weighted by Crippen LogP contribution is -2.38. The van der Waals surface area contributed by atoms with Gasteiger partial charge in [-0.3, -0.25) is 9.36 Å². The maximum Gasteiger partial charge on any atom is 0.346 e. The van der Waals surface area contributed by atoms with Crippen LogP contribution >= 0.6 is 0 Å². The minimum absolute atomic E-state index is 0.171. The van der Waals surface area contributed by atoms with Crippen molar-refractivity contribution in [3.8, 4) is 0 Å². The monoisotopic (exact) mass is 422 g/mol. The first-order chi connectivity index (χ1) is 15.0. The second kappa shape index (κ2) is 9.29. The largest absolute Gasteiger partial charge is 0.350 e. The third-order valence-corrected chi connectivity index (χ3v) is 5.80. The van der Waals surface area contributed by atoms with E-state index in [1.165, 1.54) is 26.9 Å². The average molecular weight is 423 g/mol. The topological polar surface area (TPSA) is 68.9 Å². The van der Waals surface area contributed by atoms with Gasteiger partial charge in [-0.1, -0.05) is 49.7 Å². The summed E-state index contributed by atoms with van der Waals surface area (Å²) in [5.74, 6) is 0.0945. The van der Waals surface area contributed by atoms with Crippen molar-refractivity contribution in [2.75, 3.05) is 0 Å². The maximum absolute atomic E-state index is 13.5. The number of halogens is 1. The maximum atomic E-state index is 13.5. The summed E-state index contributed by atoms with van der Waals surface area (Å²) in [6.45, 7) is 2.70. The number of aryl methyl sites for hydroxylation is 2. The zero-order chi connectivity index (χ0) is 21.8. The van der Waals surface area contributed by atoms with Crippen LogP contribution in [0.15, 0.2) is 53.3 Å². The van der Waals surface area contributed by atoms with Crippen LogP contribution in [0, 0.1) is 5.82 Å². The molecule has 0 fully saturated rings. The summed E-state index contributed by atoms with van der Waals surface area (Å²) >= 11 is 0. The van der Waals surface area contributed by atoms with Crippen molar-refractivity contribution in [1.82, 2.24) is 19.7 Å². The van der Waals surface area contributed by atoms with Crippen LogP contribution in [0.4, 0.5) is 4.39 Å². The summed E-state index contributed by atoms with van der Waals surface area (Å²) in [5, 5.41) is 7.45. The highest BCUT2D eigenvalue weighted by molar-refractivity contribution is 5.80. The van der Waals surface area contributed by atoms with Gasteiger partial charge in [0.25, 0.3) is 0 Å². The van der Waals surface area contributed by atoms with Crippen molar-refractivity contribution >= 4 is 5.91 Å². The molecule has 1 amide bonds. The Morgan fingerprint density at radius 3 is 2.65 bits per heavy atom. The minimum Gasteiger partial charge on any atom is -0.350 e. The van der Waals surface area contributed by atoms with E-state index in [0.717, 1.165) is 24.8 Å². The Balaban J connectivity index is 1.53. The van der Waals surface area contributed by atoms with Gasteiger partial charge in [0.15, 0.2) is 0 Å². The lowest BCUT2D eigenvalue weighted by molar-refractivity contribution is -0.124. The van der Waals surface area contributed by atoms with Gasteiger partial charge >= 0.3 is 5.69 Å². The van der Waals surface area contributed by atoms with Crippen LogP contribution in [0.3, 0.4) is 0 Å². The van der Waals surface area contributed by atoms with Crippen molar-refractivity contribution in [3.05, 3.63) is 87.3 Å². The lowest BCUT2D eigenvalue weighted by atomic mass is 10.1. The number of aromatic nitrogens is 3. The minimum atomic E-state index is -0.582. The molecular weight excluding hydrogens is 395 g/mol. The third kappa shape index (κ3) is 4.76. The van der Waals surface area contributed by atoms with Crippen LogP contribution in [0.1, 0.15) is 54.7 Å². The zero-order valence-corrected chi connectivity index (χ0v) is 17.7. The number of benzene rings is 2. The van der Waals surface area contributed by atoms with Crippen LogP contribution < -0.4 is 11.0 Å². The molecular formula is C24H27FN4O2. The van der Waals surface area contributed by atoms with E-state index in [2.05, 4.69) is 29.5 Å². The summed E-state index contributed by atoms with van der Waals surface area (Å²) in [6.07, 6.45) is 3.95. The Bertz CT molecular complexity index is 1120. The Morgan fingerprint density at radius 1 is 1.13 bits per heavy atom. The molecule has 2 heterocycles. The van der Waals surface area contributed by atoms with E-state index in [-0.39, 0.29) is 24.0 Å². The number of amides is 1. The van der Waals surface area contributed by atoms with E-state index >= 15 is 0 Å². The predicted octanol–water partition coefficient (Wildman–Crippen LogP) is 3.38. The van der Waals surface area contributed by atoms with E-state index in [4.69, 9.17) is 0 Å². The lowest BCUT2D eigenvalue weighted by Gasteiger charge is -2.16. The number of carbonyl (C=O) groups excluding carboxylic acids is 1. The Kier molecular flexibility index (Phi) is 6.30. The van der Waals surface area contributed by atoms with Crippen molar-refractivity contribution < 1.29 is 9.18 Å². The number of hydrogen-bond donors (Lipinski definition) is 1. The first kappa shape index (κ1) is 21.0. The smallest absolute Gasteiger partial charge is 0.346 e. The normalized spacial score (nSPS) is 15.9. The van der Waals surface area contributed by atoms with Gasteiger partial charge in [-0.15, -0.1) is 0 Å². The first-order valence-electron chi connectivity index (χ1n) is 10.8. The molecule has 7 heteroatoms. The van der Waals surface area contributed by atoms with Crippen LogP contribution in [-0.4, -0.2) is 20.3 Å². The average Bonchev–Trinajstić information content (AvgIpc) is 2.94. The van der Waals surface area contributed by atoms with Crippen molar-refractivity contribution in [2.45, 2.75) is 58.2 Å². The molecule has 31 heavy (non-hydrogen) atoms. The van der Waals surface area contributed by atoms with Crippen molar-refractivity contribution in [1.29, 1.82) is 0 Å². The molecule has 1 aliphatic heterocycles. The molecule has 1 aromatic heterocycles. The molecule has 162 valence electrons. The van der Waals surface area contributed by atoms with Crippen molar-refractivity contribution in [2.24, 2.45) is 0 Å². The first-order valence-corrected chi connectivity index (χ1v) is 10.8. The standard InChI is InChI=1S/C24H27FN4O2/c1-2-17-10-12-18(13-11-17)15-26-23(30)21-8-3-4-9-22-27-28(24(31)29(21)22)16-19-6-5-7-20(25)14-19/h5-7,10-14,21H,2-4,8-9,15-16H2,1H3,(H,26,30)/t21-/m0/s1. The van der Waals surface area contributed by atoms with E-state index in [1.54, 1.807) is 12.1 Å². The third-order valence-electron chi connectivity index (χ3n) is 5.80. The number of fused-ring (bicyclic) bond motifs is 1. The SMILES string of the molecule is CCc1ccc(CNC(=O)[C@@H]2CCCCc3nn(Cc4cccc(F)c4)c(=O)n32)cc1. The molecule has 0 saturated heterocycles. The molecule has 1 aliphatic rings. The highest BCUT2D eigenvalue weighted by atomic mass is 19.1. The molecule has 0 bridgehead atoms. The van der Waals surface area contributed by atoms with Crippen LogP contribution in [0.5, 0.6) is 0 Å². The molecule has 3 aromatic rings. The molecule has 0 saturated carbocycles. The van der Waals surface area contributed by atoms with E-state index in [1.807, 2.05) is 12.1 Å². The summed E-state index contributed by atoms with van der Waals surface area (Å²) in [7, 11) is 0. The van der Waals surface area contributed by atoms with E-state index < -0.39 is 6.04 Å². The second-order valence-electron chi connectivity index (χ2n) is 8.01. The quantitative estimate of drug-likeness (QED) is 0.662.